The number of carbonyl (C=O) groups is 1. The average molecular weight is 425 g/mol. The van der Waals surface area contributed by atoms with Crippen molar-refractivity contribution in [2.45, 2.75) is 45.9 Å². The fraction of sp³-hybridized carbons (Fsp3) is 0.474. The number of aryl methyl sites for hydroxylation is 2. The predicted molar refractivity (Wildman–Crippen MR) is 107 cm³/mol. The number of carbonyl (C=O) groups excluding carboxylic acids is 1. The van der Waals surface area contributed by atoms with E-state index >= 15 is 0 Å². The molecule has 0 fully saturated rings. The first-order valence-electron chi connectivity index (χ1n) is 8.49. The zero-order valence-electron chi connectivity index (χ0n) is 15.2. The first-order valence-corrected chi connectivity index (χ1v) is 10.4. The van der Waals surface area contributed by atoms with E-state index in [1.54, 1.807) is 11.8 Å². The molecular formula is C19H25BrN2O2S. The molecule has 0 aliphatic heterocycles. The molecule has 1 aromatic heterocycles. The van der Waals surface area contributed by atoms with Gasteiger partial charge in [-0.05, 0) is 38.8 Å². The van der Waals surface area contributed by atoms with Crippen LogP contribution in [0.3, 0.4) is 0 Å². The highest BCUT2D eigenvalue weighted by Crippen LogP contribution is 2.28. The summed E-state index contributed by atoms with van der Waals surface area (Å²) in [6.07, 6.45) is 0.940. The van der Waals surface area contributed by atoms with Crippen molar-refractivity contribution in [1.29, 1.82) is 0 Å². The van der Waals surface area contributed by atoms with Gasteiger partial charge in [0.2, 0.25) is 5.91 Å². The van der Waals surface area contributed by atoms with Gasteiger partial charge in [0.15, 0.2) is 0 Å². The number of hydrogen-bond acceptors (Lipinski definition) is 4. The summed E-state index contributed by atoms with van der Waals surface area (Å²) < 4.78 is 6.23. The minimum atomic E-state index is 0.0442. The second kappa shape index (κ2) is 9.43. The van der Waals surface area contributed by atoms with Gasteiger partial charge in [0, 0.05) is 22.3 Å². The van der Waals surface area contributed by atoms with E-state index in [0.29, 0.717) is 5.75 Å². The summed E-state index contributed by atoms with van der Waals surface area (Å²) in [6.45, 7) is 8.80. The molecule has 2 rings (SSSR count). The smallest absolute Gasteiger partial charge is 0.233 e. The third-order valence-electron chi connectivity index (χ3n) is 4.26. The molecule has 0 N–H and O–H groups in total. The van der Waals surface area contributed by atoms with E-state index in [2.05, 4.69) is 41.0 Å². The molecule has 25 heavy (non-hydrogen) atoms. The van der Waals surface area contributed by atoms with Crippen LogP contribution in [0.2, 0.25) is 0 Å². The minimum Gasteiger partial charge on any atom is -0.361 e. The standard InChI is InChI=1S/C19H25BrN2O2S/c1-5-10-22(14(3)16-8-6-7-9-18(16)20)19(23)12-25-11-17-13(2)21-24-15(17)4/h6-9,14H,5,10-12H2,1-4H3. The molecule has 1 aromatic carbocycles. The van der Waals surface area contributed by atoms with Crippen LogP contribution < -0.4 is 0 Å². The summed E-state index contributed by atoms with van der Waals surface area (Å²) in [5, 5.41) is 3.97. The van der Waals surface area contributed by atoms with Gasteiger partial charge < -0.3 is 9.42 Å². The molecule has 0 bridgehead atoms. The van der Waals surface area contributed by atoms with Crippen LogP contribution in [0.15, 0.2) is 33.3 Å². The highest BCUT2D eigenvalue weighted by molar-refractivity contribution is 9.10. The molecule has 0 saturated carbocycles. The van der Waals surface area contributed by atoms with E-state index in [1.165, 1.54) is 0 Å². The number of rotatable bonds is 8. The molecular weight excluding hydrogens is 400 g/mol. The zero-order chi connectivity index (χ0) is 18.4. The third kappa shape index (κ3) is 5.11. The van der Waals surface area contributed by atoms with Crippen molar-refractivity contribution >= 4 is 33.6 Å². The molecule has 1 amide bonds. The van der Waals surface area contributed by atoms with Gasteiger partial charge in [0.05, 0.1) is 17.5 Å². The van der Waals surface area contributed by atoms with Crippen LogP contribution in [0.4, 0.5) is 0 Å². The lowest BCUT2D eigenvalue weighted by molar-refractivity contribution is -0.130. The Bertz CT molecular complexity index is 698. The molecule has 0 radical (unpaired) electrons. The molecule has 4 nitrogen and oxygen atoms in total. The molecule has 1 unspecified atom stereocenters. The Morgan fingerprint density at radius 3 is 2.68 bits per heavy atom. The Labute approximate surface area is 162 Å². The van der Waals surface area contributed by atoms with Crippen molar-refractivity contribution in [3.8, 4) is 0 Å². The average Bonchev–Trinajstić information content (AvgIpc) is 2.91. The van der Waals surface area contributed by atoms with Gasteiger partial charge in [0.25, 0.3) is 0 Å². The zero-order valence-corrected chi connectivity index (χ0v) is 17.6. The van der Waals surface area contributed by atoms with Crippen molar-refractivity contribution in [3.05, 3.63) is 51.3 Å². The maximum absolute atomic E-state index is 12.8. The Kier molecular flexibility index (Phi) is 7.56. The fourth-order valence-electron chi connectivity index (χ4n) is 2.79. The van der Waals surface area contributed by atoms with E-state index in [9.17, 15) is 4.79 Å². The Morgan fingerprint density at radius 2 is 2.08 bits per heavy atom. The molecule has 0 saturated heterocycles. The van der Waals surface area contributed by atoms with Gasteiger partial charge in [-0.2, -0.15) is 0 Å². The van der Waals surface area contributed by atoms with Crippen molar-refractivity contribution in [2.24, 2.45) is 0 Å². The first-order chi connectivity index (χ1) is 12.0. The lowest BCUT2D eigenvalue weighted by Gasteiger charge is -2.30. The van der Waals surface area contributed by atoms with Gasteiger partial charge in [-0.15, -0.1) is 11.8 Å². The minimum absolute atomic E-state index is 0.0442. The molecule has 0 aliphatic rings. The highest BCUT2D eigenvalue weighted by atomic mass is 79.9. The summed E-state index contributed by atoms with van der Waals surface area (Å²) >= 11 is 5.22. The second-order valence-electron chi connectivity index (χ2n) is 6.08. The predicted octanol–water partition coefficient (Wildman–Crippen LogP) is 5.29. The summed E-state index contributed by atoms with van der Waals surface area (Å²) in [5.74, 6) is 2.21. The topological polar surface area (TPSA) is 46.3 Å². The third-order valence-corrected chi connectivity index (χ3v) is 5.93. The lowest BCUT2D eigenvalue weighted by Crippen LogP contribution is -2.35. The number of halogens is 1. The van der Waals surface area contributed by atoms with Gasteiger partial charge in [-0.3, -0.25) is 4.79 Å². The highest BCUT2D eigenvalue weighted by Gasteiger charge is 2.22. The van der Waals surface area contributed by atoms with Crippen LogP contribution >= 0.6 is 27.7 Å². The van der Waals surface area contributed by atoms with Gasteiger partial charge in [-0.25, -0.2) is 0 Å². The van der Waals surface area contributed by atoms with E-state index in [4.69, 9.17) is 4.52 Å². The molecule has 1 atom stereocenters. The van der Waals surface area contributed by atoms with E-state index in [0.717, 1.165) is 45.8 Å². The maximum Gasteiger partial charge on any atom is 0.233 e. The van der Waals surface area contributed by atoms with Crippen LogP contribution in [-0.4, -0.2) is 28.3 Å². The van der Waals surface area contributed by atoms with Crippen LogP contribution in [0.5, 0.6) is 0 Å². The van der Waals surface area contributed by atoms with Gasteiger partial charge in [0.1, 0.15) is 5.76 Å². The Hall–Kier alpha value is -1.27. The van der Waals surface area contributed by atoms with E-state index in [1.807, 2.05) is 36.9 Å². The Morgan fingerprint density at radius 1 is 1.36 bits per heavy atom. The monoisotopic (exact) mass is 424 g/mol. The molecule has 0 spiro atoms. The van der Waals surface area contributed by atoms with Crippen LogP contribution in [-0.2, 0) is 10.5 Å². The Balaban J connectivity index is 2.01. The van der Waals surface area contributed by atoms with Crippen molar-refractivity contribution in [2.75, 3.05) is 12.3 Å². The normalized spacial score (nSPS) is 12.2. The summed E-state index contributed by atoms with van der Waals surface area (Å²) in [5.41, 5.74) is 3.14. The molecule has 6 heteroatoms. The molecule has 1 heterocycles. The van der Waals surface area contributed by atoms with Crippen molar-refractivity contribution in [3.63, 3.8) is 0 Å². The summed E-state index contributed by atoms with van der Waals surface area (Å²) in [7, 11) is 0. The van der Waals surface area contributed by atoms with Crippen LogP contribution in [0.1, 0.15) is 48.9 Å². The summed E-state index contributed by atoms with van der Waals surface area (Å²) in [6, 6.07) is 8.14. The van der Waals surface area contributed by atoms with Crippen LogP contribution in [0, 0.1) is 13.8 Å². The number of thioether (sulfide) groups is 1. The second-order valence-corrected chi connectivity index (χ2v) is 7.92. The summed E-state index contributed by atoms with van der Waals surface area (Å²) in [4.78, 5) is 14.8. The number of nitrogens with zero attached hydrogens (tertiary/aromatic N) is 2. The van der Waals surface area contributed by atoms with Crippen molar-refractivity contribution in [1.82, 2.24) is 10.1 Å². The first kappa shape index (κ1) is 20.0. The maximum atomic E-state index is 12.8. The lowest BCUT2D eigenvalue weighted by atomic mass is 10.1. The largest absolute Gasteiger partial charge is 0.361 e. The fourth-order valence-corrected chi connectivity index (χ4v) is 4.46. The molecule has 0 aliphatic carbocycles. The van der Waals surface area contributed by atoms with Gasteiger partial charge in [-0.1, -0.05) is 46.2 Å². The number of benzene rings is 1. The number of hydrogen-bond donors (Lipinski definition) is 0. The van der Waals surface area contributed by atoms with Gasteiger partial charge >= 0.3 is 0 Å². The number of amides is 1. The van der Waals surface area contributed by atoms with E-state index < -0.39 is 0 Å². The van der Waals surface area contributed by atoms with E-state index in [-0.39, 0.29) is 11.9 Å². The molecule has 136 valence electrons. The number of aromatic nitrogens is 1. The quantitative estimate of drug-likeness (QED) is 0.577. The van der Waals surface area contributed by atoms with Crippen LogP contribution in [0.25, 0.3) is 0 Å². The SMILES string of the molecule is CCCN(C(=O)CSCc1c(C)noc1C)C(C)c1ccccc1Br. The molecule has 2 aromatic rings. The van der Waals surface area contributed by atoms with Crippen molar-refractivity contribution < 1.29 is 9.32 Å².